The Kier molecular flexibility index (Phi) is 2.40. The highest BCUT2D eigenvalue weighted by Gasteiger charge is 2.68. The number of hydrogen-bond donors (Lipinski definition) is 1. The second-order valence-corrected chi connectivity index (χ2v) is 7.69. The Hall–Kier alpha value is -0.900. The first-order valence-electron chi connectivity index (χ1n) is 6.63. The van der Waals surface area contributed by atoms with Crippen LogP contribution >= 0.6 is 11.3 Å². The number of amides is 1. The summed E-state index contributed by atoms with van der Waals surface area (Å²) in [5.41, 5.74) is 1.39. The number of nitrogens with one attached hydrogen (secondary N) is 1. The molecule has 18 heavy (non-hydrogen) atoms. The molecule has 1 amide bonds. The van der Waals surface area contributed by atoms with Gasteiger partial charge in [-0.3, -0.25) is 4.79 Å². The van der Waals surface area contributed by atoms with E-state index < -0.39 is 0 Å². The fourth-order valence-electron chi connectivity index (χ4n) is 3.27. The summed E-state index contributed by atoms with van der Waals surface area (Å²) in [6.07, 6.45) is 3.41. The molecule has 0 atom stereocenters. The molecule has 1 saturated carbocycles. The van der Waals surface area contributed by atoms with Gasteiger partial charge in [-0.15, -0.1) is 11.3 Å². The summed E-state index contributed by atoms with van der Waals surface area (Å²) in [7, 11) is 0. The van der Waals surface area contributed by atoms with Crippen LogP contribution in [0.25, 0.3) is 0 Å². The van der Waals surface area contributed by atoms with Crippen LogP contribution < -0.4 is 5.32 Å². The maximum atomic E-state index is 12.3. The molecule has 2 aliphatic rings. The number of thiazole rings is 1. The number of rotatable bonds is 2. The summed E-state index contributed by atoms with van der Waals surface area (Å²) >= 11 is 1.65. The van der Waals surface area contributed by atoms with Crippen LogP contribution in [0.1, 0.15) is 44.7 Å². The molecular formula is C14H20N2OS. The van der Waals surface area contributed by atoms with E-state index in [0.717, 1.165) is 18.0 Å². The fourth-order valence-corrected chi connectivity index (χ4v) is 4.33. The van der Waals surface area contributed by atoms with E-state index >= 15 is 0 Å². The van der Waals surface area contributed by atoms with Crippen molar-refractivity contribution in [1.82, 2.24) is 4.98 Å². The summed E-state index contributed by atoms with van der Waals surface area (Å²) in [6.45, 7) is 8.66. The van der Waals surface area contributed by atoms with E-state index in [0.29, 0.717) is 0 Å². The molecule has 3 nitrogen and oxygen atoms in total. The molecule has 1 fully saturated rings. The molecule has 3 rings (SSSR count). The highest BCUT2D eigenvalue weighted by molar-refractivity contribution is 7.15. The van der Waals surface area contributed by atoms with Crippen molar-refractivity contribution in [2.75, 3.05) is 5.32 Å². The summed E-state index contributed by atoms with van der Waals surface area (Å²) < 4.78 is 0. The third-order valence-electron chi connectivity index (χ3n) is 5.11. The van der Waals surface area contributed by atoms with Crippen molar-refractivity contribution in [3.8, 4) is 0 Å². The van der Waals surface area contributed by atoms with Crippen molar-refractivity contribution in [2.45, 2.75) is 47.0 Å². The van der Waals surface area contributed by atoms with Crippen LogP contribution in [0.2, 0.25) is 0 Å². The van der Waals surface area contributed by atoms with Gasteiger partial charge in [0.1, 0.15) is 0 Å². The number of fused-ring (bicyclic) bond motifs is 1. The van der Waals surface area contributed by atoms with Gasteiger partial charge < -0.3 is 5.32 Å². The van der Waals surface area contributed by atoms with Gasteiger partial charge in [0.15, 0.2) is 5.13 Å². The molecule has 0 aliphatic heterocycles. The van der Waals surface area contributed by atoms with Crippen LogP contribution in [0.3, 0.4) is 0 Å². The molecule has 0 saturated heterocycles. The van der Waals surface area contributed by atoms with Crippen LogP contribution in [-0.4, -0.2) is 10.9 Å². The third kappa shape index (κ3) is 1.54. The molecule has 1 aromatic heterocycles. The van der Waals surface area contributed by atoms with Gasteiger partial charge in [-0.2, -0.15) is 0 Å². The highest BCUT2D eigenvalue weighted by Crippen LogP contribution is 2.68. The zero-order valence-corrected chi connectivity index (χ0v) is 12.3. The number of carbonyl (C=O) groups is 1. The van der Waals surface area contributed by atoms with Gasteiger partial charge in [0.2, 0.25) is 5.91 Å². The zero-order valence-electron chi connectivity index (χ0n) is 11.5. The van der Waals surface area contributed by atoms with E-state index in [4.69, 9.17) is 0 Å². The van der Waals surface area contributed by atoms with Gasteiger partial charge in [0.25, 0.3) is 0 Å². The van der Waals surface area contributed by atoms with Crippen LogP contribution in [0.4, 0.5) is 5.13 Å². The summed E-state index contributed by atoms with van der Waals surface area (Å²) in [4.78, 5) is 18.2. The van der Waals surface area contributed by atoms with E-state index in [1.165, 1.54) is 17.0 Å². The van der Waals surface area contributed by atoms with E-state index in [2.05, 4.69) is 38.0 Å². The van der Waals surface area contributed by atoms with Crippen molar-refractivity contribution in [3.05, 3.63) is 10.6 Å². The molecule has 0 unspecified atom stereocenters. The summed E-state index contributed by atoms with van der Waals surface area (Å²) in [5, 5.41) is 3.81. The molecule has 0 radical (unpaired) electrons. The lowest BCUT2D eigenvalue weighted by Crippen LogP contribution is -2.17. The Morgan fingerprint density at radius 2 is 1.94 bits per heavy atom. The van der Waals surface area contributed by atoms with Crippen LogP contribution in [0.15, 0.2) is 0 Å². The Bertz CT molecular complexity index is 480. The molecule has 1 aromatic rings. The first-order valence-corrected chi connectivity index (χ1v) is 7.45. The van der Waals surface area contributed by atoms with Gasteiger partial charge in [0.05, 0.1) is 5.69 Å². The van der Waals surface area contributed by atoms with E-state index in [-0.39, 0.29) is 22.7 Å². The average Bonchev–Trinajstić information content (AvgIpc) is 2.62. The van der Waals surface area contributed by atoms with Crippen molar-refractivity contribution < 1.29 is 4.79 Å². The Labute approximate surface area is 112 Å². The lowest BCUT2D eigenvalue weighted by atomic mass is 10.0. The number of hydrogen-bond acceptors (Lipinski definition) is 3. The number of aromatic nitrogens is 1. The van der Waals surface area contributed by atoms with Crippen LogP contribution in [0, 0.1) is 16.7 Å². The fraction of sp³-hybridized carbons (Fsp3) is 0.714. The molecule has 2 aliphatic carbocycles. The van der Waals surface area contributed by atoms with Gasteiger partial charge in [-0.1, -0.05) is 27.7 Å². The Morgan fingerprint density at radius 3 is 2.50 bits per heavy atom. The number of nitrogens with zero attached hydrogens (tertiary/aromatic N) is 1. The SMILES string of the molecule is CC1(C)C(C(=O)Nc2nc3c(s2)CCC3)C1(C)C. The summed E-state index contributed by atoms with van der Waals surface area (Å²) in [6, 6.07) is 0. The van der Waals surface area contributed by atoms with Gasteiger partial charge >= 0.3 is 0 Å². The van der Waals surface area contributed by atoms with E-state index in [1.807, 2.05) is 0 Å². The molecule has 4 heteroatoms. The maximum absolute atomic E-state index is 12.3. The molecule has 0 aromatic carbocycles. The largest absolute Gasteiger partial charge is 0.302 e. The minimum atomic E-state index is 0.0943. The molecule has 0 spiro atoms. The zero-order chi connectivity index (χ0) is 13.1. The Balaban J connectivity index is 1.72. The maximum Gasteiger partial charge on any atom is 0.230 e. The lowest BCUT2D eigenvalue weighted by Gasteiger charge is -2.03. The van der Waals surface area contributed by atoms with Gasteiger partial charge in [-0.25, -0.2) is 4.98 Å². The van der Waals surface area contributed by atoms with Crippen molar-refractivity contribution >= 4 is 22.4 Å². The molecule has 0 bridgehead atoms. The molecule has 1 N–H and O–H groups in total. The first-order chi connectivity index (χ1) is 8.34. The Morgan fingerprint density at radius 1 is 1.28 bits per heavy atom. The minimum Gasteiger partial charge on any atom is -0.302 e. The highest BCUT2D eigenvalue weighted by atomic mass is 32.1. The van der Waals surface area contributed by atoms with E-state index in [1.54, 1.807) is 11.3 Å². The normalized spacial score (nSPS) is 23.8. The predicted molar refractivity (Wildman–Crippen MR) is 73.8 cm³/mol. The molecular weight excluding hydrogens is 244 g/mol. The number of aryl methyl sites for hydroxylation is 2. The quantitative estimate of drug-likeness (QED) is 0.891. The van der Waals surface area contributed by atoms with Crippen LogP contribution in [0.5, 0.6) is 0 Å². The standard InChI is InChI=1S/C14H20N2OS/c1-13(2)10(14(13,3)4)11(17)16-12-15-8-6-5-7-9(8)18-12/h10H,5-7H2,1-4H3,(H,15,16,17). The van der Waals surface area contributed by atoms with Crippen molar-refractivity contribution in [2.24, 2.45) is 16.7 Å². The van der Waals surface area contributed by atoms with Gasteiger partial charge in [-0.05, 0) is 30.1 Å². The predicted octanol–water partition coefficient (Wildman–Crippen LogP) is 3.25. The van der Waals surface area contributed by atoms with Gasteiger partial charge in [0, 0.05) is 10.8 Å². The second-order valence-electron chi connectivity index (χ2n) is 6.61. The van der Waals surface area contributed by atoms with Crippen LogP contribution in [-0.2, 0) is 17.6 Å². The monoisotopic (exact) mass is 264 g/mol. The van der Waals surface area contributed by atoms with Crippen molar-refractivity contribution in [3.63, 3.8) is 0 Å². The minimum absolute atomic E-state index is 0.0943. The molecule has 1 heterocycles. The first kappa shape index (κ1) is 12.2. The lowest BCUT2D eigenvalue weighted by molar-refractivity contribution is -0.118. The third-order valence-corrected chi connectivity index (χ3v) is 6.18. The van der Waals surface area contributed by atoms with Crippen molar-refractivity contribution in [1.29, 1.82) is 0 Å². The topological polar surface area (TPSA) is 42.0 Å². The smallest absolute Gasteiger partial charge is 0.230 e. The average molecular weight is 264 g/mol. The molecule has 98 valence electrons. The second kappa shape index (κ2) is 3.56. The number of carbonyl (C=O) groups excluding carboxylic acids is 1. The number of anilines is 1. The summed E-state index contributed by atoms with van der Waals surface area (Å²) in [5.74, 6) is 0.237. The van der Waals surface area contributed by atoms with E-state index in [9.17, 15) is 4.79 Å².